The summed E-state index contributed by atoms with van der Waals surface area (Å²) in [7, 11) is 0. The number of nitrogens with one attached hydrogen (secondary N) is 1. The topological polar surface area (TPSA) is 141 Å². The number of halogens is 2. The predicted octanol–water partition coefficient (Wildman–Crippen LogP) is 3.16. The molecule has 4 heterocycles. The summed E-state index contributed by atoms with van der Waals surface area (Å²) in [5.74, 6) is 0.824. The maximum atomic E-state index is 13.6. The van der Waals surface area contributed by atoms with Gasteiger partial charge >= 0.3 is 6.10 Å². The van der Waals surface area contributed by atoms with Crippen LogP contribution in [-0.2, 0) is 0 Å². The molecule has 2 unspecified atom stereocenters. The average molecular weight is 614 g/mol. The largest absolute Gasteiger partial charge is 0.368 e. The Morgan fingerprint density at radius 2 is 1.74 bits per heavy atom. The molecule has 220 valence electrons. The molecular weight excluding hydrogens is 583 g/mol. The molecule has 0 bridgehead atoms. The zero-order chi connectivity index (χ0) is 29.9. The van der Waals surface area contributed by atoms with Gasteiger partial charge in [0.25, 0.3) is 5.91 Å². The van der Waals surface area contributed by atoms with Crippen molar-refractivity contribution in [3.8, 4) is 0 Å². The van der Waals surface area contributed by atoms with Crippen LogP contribution in [0.3, 0.4) is 0 Å². The fourth-order valence-electron chi connectivity index (χ4n) is 6.06. The molecule has 4 N–H and O–H groups in total. The van der Waals surface area contributed by atoms with Crippen molar-refractivity contribution in [2.75, 3.05) is 46.2 Å². The summed E-state index contributed by atoms with van der Waals surface area (Å²) < 4.78 is 0. The number of para-hydroxylation sites is 1. The van der Waals surface area contributed by atoms with E-state index in [1.165, 1.54) is 16.0 Å². The second kappa shape index (κ2) is 10.6. The highest BCUT2D eigenvalue weighted by Crippen LogP contribution is 2.40. The van der Waals surface area contributed by atoms with Crippen LogP contribution >= 0.6 is 23.2 Å². The van der Waals surface area contributed by atoms with Gasteiger partial charge < -0.3 is 25.5 Å². The molecule has 2 aromatic carbocycles. The number of hydrogen-bond donors (Lipinski definition) is 4. The molecule has 0 spiro atoms. The second-order valence-electron chi connectivity index (χ2n) is 10.7. The molecule has 6 rings (SSSR count). The van der Waals surface area contributed by atoms with E-state index >= 15 is 0 Å². The summed E-state index contributed by atoms with van der Waals surface area (Å²) in [5, 5.41) is 33.2. The third-order valence-corrected chi connectivity index (χ3v) is 8.31. The lowest BCUT2D eigenvalue weighted by atomic mass is 10.1. The van der Waals surface area contributed by atoms with Crippen molar-refractivity contribution in [3.05, 3.63) is 63.8 Å². The van der Waals surface area contributed by atoms with Gasteiger partial charge in [-0.2, -0.15) is 4.98 Å². The van der Waals surface area contributed by atoms with Gasteiger partial charge in [-0.3, -0.25) is 14.7 Å². The molecule has 2 atom stereocenters. The second-order valence-corrected chi connectivity index (χ2v) is 11.5. The maximum absolute atomic E-state index is 13.6. The molecule has 3 aliphatic heterocycles. The van der Waals surface area contributed by atoms with Gasteiger partial charge in [0.1, 0.15) is 5.56 Å². The van der Waals surface area contributed by atoms with E-state index in [1.807, 2.05) is 43.9 Å². The fourth-order valence-corrected chi connectivity index (χ4v) is 6.63. The Kier molecular flexibility index (Phi) is 7.24. The number of aliphatic imine (C=N–C) groups is 1. The Bertz CT molecular complexity index is 1560. The third-order valence-electron chi connectivity index (χ3n) is 7.70. The first kappa shape index (κ1) is 28.6. The molecule has 12 nitrogen and oxygen atoms in total. The number of carbonyl (C=O) groups excluding carboxylic acids is 1. The number of piperazine rings is 1. The molecule has 0 radical (unpaired) electrons. The molecule has 3 aliphatic rings. The first-order valence-corrected chi connectivity index (χ1v) is 14.2. The van der Waals surface area contributed by atoms with E-state index in [1.54, 1.807) is 18.2 Å². The maximum Gasteiger partial charge on any atom is 0.346 e. The Hall–Kier alpha value is -3.52. The van der Waals surface area contributed by atoms with Crippen LogP contribution in [0.25, 0.3) is 0 Å². The number of benzene rings is 2. The van der Waals surface area contributed by atoms with Crippen LogP contribution in [0.1, 0.15) is 29.8 Å². The Morgan fingerprint density at radius 3 is 2.38 bits per heavy atom. The van der Waals surface area contributed by atoms with Crippen molar-refractivity contribution in [2.45, 2.75) is 39.0 Å². The number of anilines is 5. The van der Waals surface area contributed by atoms with Crippen LogP contribution in [0.5, 0.6) is 0 Å². The van der Waals surface area contributed by atoms with Crippen LogP contribution in [0.2, 0.25) is 10.0 Å². The molecule has 0 saturated carbocycles. The zero-order valence-corrected chi connectivity index (χ0v) is 24.7. The molecule has 1 saturated heterocycles. The lowest BCUT2D eigenvalue weighted by Gasteiger charge is -2.48. The predicted molar refractivity (Wildman–Crippen MR) is 162 cm³/mol. The SMILES string of the molecule is Cc1cc(Nc2ncc3c(n2)N2CCN=C2N(c2c(Cl)cccc2Cl)C3=O)ccc1N1CC(C)N(C(O)(O)O)C(C)C1. The normalized spacial score (nSPS) is 20.9. The van der Waals surface area contributed by atoms with Crippen LogP contribution in [-0.4, -0.2) is 86.4 Å². The number of aliphatic hydroxyl groups is 3. The van der Waals surface area contributed by atoms with Gasteiger partial charge in [-0.1, -0.05) is 29.3 Å². The van der Waals surface area contributed by atoms with Crippen molar-refractivity contribution in [1.82, 2.24) is 14.9 Å². The number of rotatable bonds is 5. The van der Waals surface area contributed by atoms with E-state index in [2.05, 4.69) is 20.2 Å². The van der Waals surface area contributed by atoms with Crippen LogP contribution < -0.4 is 20.0 Å². The summed E-state index contributed by atoms with van der Waals surface area (Å²) >= 11 is 12.9. The Morgan fingerprint density at radius 1 is 1.05 bits per heavy atom. The quantitative estimate of drug-likeness (QED) is 0.317. The van der Waals surface area contributed by atoms with Crippen LogP contribution in [0.15, 0.2) is 47.6 Å². The summed E-state index contributed by atoms with van der Waals surface area (Å²) in [4.78, 5) is 34.0. The number of guanidine groups is 1. The molecule has 0 aliphatic carbocycles. The van der Waals surface area contributed by atoms with E-state index in [-0.39, 0.29) is 18.0 Å². The van der Waals surface area contributed by atoms with Crippen molar-refractivity contribution in [1.29, 1.82) is 0 Å². The first-order chi connectivity index (χ1) is 19.9. The number of aryl methyl sites for hydroxylation is 1. The molecule has 3 aromatic rings. The number of aromatic nitrogens is 2. The monoisotopic (exact) mass is 612 g/mol. The van der Waals surface area contributed by atoms with Crippen LogP contribution in [0.4, 0.5) is 28.8 Å². The highest BCUT2D eigenvalue weighted by Gasteiger charge is 2.43. The van der Waals surface area contributed by atoms with Gasteiger partial charge in [0.05, 0.1) is 22.3 Å². The summed E-state index contributed by atoms with van der Waals surface area (Å²) in [6.07, 6.45) is -1.37. The molecular formula is C28H30Cl2N8O4. The minimum atomic E-state index is -2.87. The minimum absolute atomic E-state index is 0.304. The molecule has 1 fully saturated rings. The van der Waals surface area contributed by atoms with E-state index < -0.39 is 6.10 Å². The highest BCUT2D eigenvalue weighted by molar-refractivity contribution is 6.43. The summed E-state index contributed by atoms with van der Waals surface area (Å²) in [6.45, 7) is 7.68. The Balaban J connectivity index is 1.24. The molecule has 42 heavy (non-hydrogen) atoms. The Labute approximate surface area is 252 Å². The number of fused-ring (bicyclic) bond motifs is 3. The third kappa shape index (κ3) is 4.93. The molecule has 1 aromatic heterocycles. The smallest absolute Gasteiger partial charge is 0.346 e. The van der Waals surface area contributed by atoms with E-state index in [0.29, 0.717) is 65.2 Å². The standard InChI is InChI=1S/C28H30Cl2N8O4/c1-15-11-18(7-8-22(15)35-13-16(2)38(17(3)14-35)28(40,41)42)33-26-32-12-19-24(34-26)36-10-9-31-27(36)37(25(19)39)23-20(29)5-4-6-21(23)30/h4-8,11-12,16-17,40-42H,9-10,13-14H2,1-3H3,(H,32,33,34). The summed E-state index contributed by atoms with van der Waals surface area (Å²) in [5.41, 5.74) is 3.42. The van der Waals surface area contributed by atoms with E-state index in [9.17, 15) is 20.1 Å². The van der Waals surface area contributed by atoms with E-state index in [4.69, 9.17) is 28.2 Å². The van der Waals surface area contributed by atoms with Gasteiger partial charge in [0.15, 0.2) is 5.82 Å². The van der Waals surface area contributed by atoms with E-state index in [0.717, 1.165) is 16.9 Å². The van der Waals surface area contributed by atoms with Crippen molar-refractivity contribution in [3.63, 3.8) is 0 Å². The van der Waals surface area contributed by atoms with Crippen molar-refractivity contribution >= 4 is 63.9 Å². The zero-order valence-electron chi connectivity index (χ0n) is 23.2. The van der Waals surface area contributed by atoms with Crippen LogP contribution in [0, 0.1) is 6.92 Å². The fraction of sp³-hybridized carbons (Fsp3) is 0.357. The number of hydrogen-bond acceptors (Lipinski definition) is 11. The minimum Gasteiger partial charge on any atom is -0.368 e. The van der Waals surface area contributed by atoms with Gasteiger partial charge in [0.2, 0.25) is 11.9 Å². The van der Waals surface area contributed by atoms with Crippen molar-refractivity contribution < 1.29 is 20.1 Å². The highest BCUT2D eigenvalue weighted by atomic mass is 35.5. The number of amides is 1. The average Bonchev–Trinajstić information content (AvgIpc) is 3.39. The van der Waals surface area contributed by atoms with Gasteiger partial charge in [-0.15, -0.1) is 0 Å². The first-order valence-electron chi connectivity index (χ1n) is 13.5. The van der Waals surface area contributed by atoms with Gasteiger partial charge in [-0.05, 0) is 56.7 Å². The van der Waals surface area contributed by atoms with Gasteiger partial charge in [-0.25, -0.2) is 14.8 Å². The van der Waals surface area contributed by atoms with Gasteiger partial charge in [0, 0.05) is 49.3 Å². The lowest BCUT2D eigenvalue weighted by Crippen LogP contribution is -2.65. The lowest BCUT2D eigenvalue weighted by molar-refractivity contribution is -0.407. The summed E-state index contributed by atoms with van der Waals surface area (Å²) in [6, 6.07) is 10.3. The van der Waals surface area contributed by atoms with Crippen molar-refractivity contribution in [2.24, 2.45) is 4.99 Å². The molecule has 1 amide bonds. The molecule has 14 heteroatoms. The number of nitrogens with zero attached hydrogens (tertiary/aromatic N) is 7. The number of carbonyl (C=O) groups is 1.